The van der Waals surface area contributed by atoms with Gasteiger partial charge in [0.2, 0.25) is 0 Å². The van der Waals surface area contributed by atoms with Gasteiger partial charge in [-0.3, -0.25) is 4.18 Å². The summed E-state index contributed by atoms with van der Waals surface area (Å²) in [7, 11) is -7.12. The molecular weight excluding hydrogens is 518 g/mol. The normalized spacial score (nSPS) is 14.9. The van der Waals surface area contributed by atoms with Crippen LogP contribution in [0, 0.1) is 24.2 Å². The molecule has 0 amide bonds. The van der Waals surface area contributed by atoms with Gasteiger partial charge in [-0.1, -0.05) is 99.1 Å². The van der Waals surface area contributed by atoms with Crippen molar-refractivity contribution in [3.63, 3.8) is 0 Å². The Labute approximate surface area is 226 Å². The lowest BCUT2D eigenvalue weighted by molar-refractivity contribution is -0.0339. The van der Waals surface area contributed by atoms with Gasteiger partial charge in [0.05, 0.1) is 30.1 Å². The largest absolute Gasteiger partial charge is 0.406 e. The summed E-state index contributed by atoms with van der Waals surface area (Å²) < 4.78 is 36.7. The molecular formula is C29H35NO6SSi. The summed E-state index contributed by atoms with van der Waals surface area (Å²) in [5.41, 5.74) is 0.886. The summed E-state index contributed by atoms with van der Waals surface area (Å²) >= 11 is 0. The van der Waals surface area contributed by atoms with Gasteiger partial charge >= 0.3 is 0 Å². The lowest BCUT2D eigenvalue weighted by Crippen LogP contribution is -2.67. The van der Waals surface area contributed by atoms with Crippen molar-refractivity contribution in [3.8, 4) is 6.07 Å². The van der Waals surface area contributed by atoms with Gasteiger partial charge < -0.3 is 14.6 Å². The third-order valence-electron chi connectivity index (χ3n) is 6.57. The maximum absolute atomic E-state index is 12.5. The van der Waals surface area contributed by atoms with Crippen LogP contribution in [-0.2, 0) is 18.7 Å². The fourth-order valence-corrected chi connectivity index (χ4v) is 10.00. The highest BCUT2D eigenvalue weighted by molar-refractivity contribution is 7.86. The van der Waals surface area contributed by atoms with Crippen LogP contribution in [0.3, 0.4) is 0 Å². The topological polar surface area (TPSA) is 117 Å². The Morgan fingerprint density at radius 3 is 1.82 bits per heavy atom. The molecule has 0 bridgehead atoms. The minimum Gasteiger partial charge on any atom is -0.406 e. The smallest absolute Gasteiger partial charge is 0.297 e. The average Bonchev–Trinajstić information content (AvgIpc) is 2.90. The molecule has 3 aromatic carbocycles. The minimum absolute atomic E-state index is 0.0587. The number of benzene rings is 3. The second-order valence-electron chi connectivity index (χ2n) is 10.3. The molecule has 0 heterocycles. The van der Waals surface area contributed by atoms with E-state index in [0.717, 1.165) is 15.9 Å². The van der Waals surface area contributed by atoms with E-state index in [9.17, 15) is 23.9 Å². The summed E-state index contributed by atoms with van der Waals surface area (Å²) in [4.78, 5) is -0.0587. The third kappa shape index (κ3) is 6.59. The van der Waals surface area contributed by atoms with Gasteiger partial charge in [0.15, 0.2) is 0 Å². The van der Waals surface area contributed by atoms with Crippen LogP contribution in [0.15, 0.2) is 89.8 Å². The molecule has 9 heteroatoms. The van der Waals surface area contributed by atoms with Crippen molar-refractivity contribution >= 4 is 28.8 Å². The number of aryl methyl sites for hydroxylation is 1. The van der Waals surface area contributed by atoms with Crippen LogP contribution in [0.2, 0.25) is 5.04 Å². The molecule has 0 aliphatic rings. The first-order valence-electron chi connectivity index (χ1n) is 12.4. The molecule has 38 heavy (non-hydrogen) atoms. The van der Waals surface area contributed by atoms with Gasteiger partial charge in [-0.2, -0.15) is 13.7 Å². The molecule has 202 valence electrons. The van der Waals surface area contributed by atoms with Crippen molar-refractivity contribution in [2.24, 2.45) is 5.92 Å². The van der Waals surface area contributed by atoms with E-state index in [1.165, 1.54) is 12.1 Å². The molecule has 3 rings (SSSR count). The Bertz CT molecular complexity index is 1280. The summed E-state index contributed by atoms with van der Waals surface area (Å²) in [5, 5.41) is 32.9. The molecule has 3 aromatic rings. The van der Waals surface area contributed by atoms with Crippen LogP contribution >= 0.6 is 0 Å². The first-order chi connectivity index (χ1) is 17.9. The SMILES string of the molecule is Cc1ccc(S(=O)(=O)OC[C@@H](O)[C@H](O)[C@H](C#N)CO[Si](c2ccccc2)(c2ccccc2)C(C)(C)C)cc1. The summed E-state index contributed by atoms with van der Waals surface area (Å²) in [6.07, 6.45) is -3.21. The van der Waals surface area contributed by atoms with E-state index in [0.29, 0.717) is 0 Å². The minimum atomic E-state index is -4.14. The number of nitrogens with zero attached hydrogens (tertiary/aromatic N) is 1. The predicted molar refractivity (Wildman–Crippen MR) is 149 cm³/mol. The van der Waals surface area contributed by atoms with Crippen molar-refractivity contribution in [1.29, 1.82) is 5.26 Å². The number of hydrogen-bond acceptors (Lipinski definition) is 7. The number of rotatable bonds is 11. The Morgan fingerprint density at radius 1 is 0.868 bits per heavy atom. The van der Waals surface area contributed by atoms with Crippen molar-refractivity contribution in [3.05, 3.63) is 90.5 Å². The van der Waals surface area contributed by atoms with Crippen molar-refractivity contribution in [2.75, 3.05) is 13.2 Å². The maximum atomic E-state index is 12.5. The molecule has 0 spiro atoms. The van der Waals surface area contributed by atoms with Gasteiger partial charge in [0.1, 0.15) is 12.2 Å². The first-order valence-corrected chi connectivity index (χ1v) is 15.7. The second kappa shape index (κ2) is 12.3. The van der Waals surface area contributed by atoms with Gasteiger partial charge in [-0.25, -0.2) is 0 Å². The standard InChI is InChI=1S/C29H35NO6SSi/c1-22-15-17-24(18-16-22)37(33,34)35-21-27(31)28(32)23(19-30)20-36-38(29(2,3)4,25-11-7-5-8-12-25)26-13-9-6-10-14-26/h5-18,23,27-28,31-32H,20-21H2,1-4H3/t23-,27-,28-/m1/s1. The second-order valence-corrected chi connectivity index (χ2v) is 16.2. The van der Waals surface area contributed by atoms with E-state index >= 15 is 0 Å². The highest BCUT2D eigenvalue weighted by Gasteiger charge is 2.50. The van der Waals surface area contributed by atoms with Gasteiger partial charge in [-0.15, -0.1) is 0 Å². The van der Waals surface area contributed by atoms with E-state index < -0.39 is 43.2 Å². The molecule has 0 fully saturated rings. The maximum Gasteiger partial charge on any atom is 0.297 e. The lowest BCUT2D eigenvalue weighted by Gasteiger charge is -2.43. The van der Waals surface area contributed by atoms with Gasteiger partial charge in [0.25, 0.3) is 18.4 Å². The Hall–Kier alpha value is -2.84. The molecule has 3 atom stereocenters. The van der Waals surface area contributed by atoms with E-state index in [2.05, 4.69) is 20.8 Å². The summed E-state index contributed by atoms with van der Waals surface area (Å²) in [6.45, 7) is 7.25. The lowest BCUT2D eigenvalue weighted by atomic mass is 10.0. The fourth-order valence-electron chi connectivity index (χ4n) is 4.49. The van der Waals surface area contributed by atoms with Crippen LogP contribution in [0.1, 0.15) is 26.3 Å². The van der Waals surface area contributed by atoms with E-state index in [1.807, 2.05) is 73.7 Å². The van der Waals surface area contributed by atoms with Gasteiger partial charge in [-0.05, 0) is 34.5 Å². The zero-order valence-corrected chi connectivity index (χ0v) is 23.9. The Balaban J connectivity index is 1.81. The predicted octanol–water partition coefficient (Wildman–Crippen LogP) is 3.14. The highest BCUT2D eigenvalue weighted by Crippen LogP contribution is 2.37. The zero-order valence-electron chi connectivity index (χ0n) is 22.1. The molecule has 0 saturated carbocycles. The van der Waals surface area contributed by atoms with E-state index in [-0.39, 0.29) is 16.5 Å². The van der Waals surface area contributed by atoms with Crippen LogP contribution in [0.5, 0.6) is 0 Å². The number of aliphatic hydroxyl groups is 2. The van der Waals surface area contributed by atoms with Crippen LogP contribution in [0.25, 0.3) is 0 Å². The van der Waals surface area contributed by atoms with Crippen molar-refractivity contribution in [2.45, 2.75) is 49.8 Å². The quantitative estimate of drug-likeness (QED) is 0.277. The summed E-state index contributed by atoms with van der Waals surface area (Å²) in [5.74, 6) is -1.13. The van der Waals surface area contributed by atoms with Crippen molar-refractivity contribution in [1.82, 2.24) is 0 Å². The molecule has 0 aromatic heterocycles. The molecule has 0 unspecified atom stereocenters. The fraction of sp³-hybridized carbons (Fsp3) is 0.345. The zero-order chi connectivity index (χ0) is 28.0. The number of nitriles is 1. The van der Waals surface area contributed by atoms with Crippen LogP contribution < -0.4 is 10.4 Å². The Kier molecular flexibility index (Phi) is 9.65. The highest BCUT2D eigenvalue weighted by atomic mass is 32.2. The number of hydrogen-bond donors (Lipinski definition) is 2. The molecule has 0 radical (unpaired) electrons. The van der Waals surface area contributed by atoms with E-state index in [1.54, 1.807) is 12.1 Å². The Morgan fingerprint density at radius 2 is 1.37 bits per heavy atom. The molecule has 0 saturated heterocycles. The van der Waals surface area contributed by atoms with Crippen molar-refractivity contribution < 1.29 is 27.2 Å². The van der Waals surface area contributed by atoms with Crippen LogP contribution in [-0.4, -0.2) is 52.4 Å². The first kappa shape index (κ1) is 29.7. The summed E-state index contributed by atoms with van der Waals surface area (Å²) in [6, 6.07) is 27.8. The molecule has 0 aliphatic heterocycles. The third-order valence-corrected chi connectivity index (χ3v) is 12.9. The van der Waals surface area contributed by atoms with Gasteiger partial charge in [0, 0.05) is 0 Å². The van der Waals surface area contributed by atoms with E-state index in [4.69, 9.17) is 8.61 Å². The number of aliphatic hydroxyl groups excluding tert-OH is 2. The average molecular weight is 554 g/mol. The molecule has 2 N–H and O–H groups in total. The molecule has 7 nitrogen and oxygen atoms in total. The molecule has 0 aliphatic carbocycles. The van der Waals surface area contributed by atoms with Crippen LogP contribution in [0.4, 0.5) is 0 Å². The monoisotopic (exact) mass is 553 g/mol.